The molecule has 0 aromatic heterocycles. The van der Waals surface area contributed by atoms with Gasteiger partial charge in [0.2, 0.25) is 5.91 Å². The number of fused-ring (bicyclic) bond motifs is 1. The number of nitrogens with one attached hydrogen (secondary N) is 1. The smallest absolute Gasteiger partial charge is 0.335 e. The van der Waals surface area contributed by atoms with Crippen molar-refractivity contribution in [2.75, 3.05) is 13.2 Å². The monoisotopic (exact) mass is 341 g/mol. The van der Waals surface area contributed by atoms with E-state index in [-0.39, 0.29) is 23.9 Å². The van der Waals surface area contributed by atoms with Gasteiger partial charge < -0.3 is 19.9 Å². The average Bonchev–Trinajstić information content (AvgIpc) is 2.61. The summed E-state index contributed by atoms with van der Waals surface area (Å²) in [4.78, 5) is 23.5. The van der Waals surface area contributed by atoms with Crippen LogP contribution in [0.2, 0.25) is 0 Å². The summed E-state index contributed by atoms with van der Waals surface area (Å²) in [6.45, 7) is 2.90. The van der Waals surface area contributed by atoms with Crippen molar-refractivity contribution in [1.82, 2.24) is 5.32 Å². The van der Waals surface area contributed by atoms with E-state index in [1.807, 2.05) is 25.1 Å². The lowest BCUT2D eigenvalue weighted by Crippen LogP contribution is -2.28. The SMILES string of the molecule is CC(NC(=O)Cc1ccccc1C(=O)O)c1ccc2c(c1)OCCO2. The number of aromatic carboxylic acids is 1. The normalized spacial score (nSPS) is 13.8. The van der Waals surface area contributed by atoms with Crippen molar-refractivity contribution >= 4 is 11.9 Å². The molecule has 0 saturated carbocycles. The second-order valence-corrected chi connectivity index (χ2v) is 5.83. The maximum atomic E-state index is 12.3. The van der Waals surface area contributed by atoms with E-state index in [2.05, 4.69) is 5.32 Å². The van der Waals surface area contributed by atoms with Crippen LogP contribution < -0.4 is 14.8 Å². The zero-order chi connectivity index (χ0) is 17.8. The Balaban J connectivity index is 1.68. The van der Waals surface area contributed by atoms with Gasteiger partial charge in [-0.3, -0.25) is 4.79 Å². The molecule has 1 atom stereocenters. The van der Waals surface area contributed by atoms with E-state index in [4.69, 9.17) is 9.47 Å². The van der Waals surface area contributed by atoms with E-state index < -0.39 is 5.97 Å². The predicted molar refractivity (Wildman–Crippen MR) is 91.1 cm³/mol. The molecule has 25 heavy (non-hydrogen) atoms. The fraction of sp³-hybridized carbons (Fsp3) is 0.263. The Morgan fingerprint density at radius 1 is 1.12 bits per heavy atom. The Labute approximate surface area is 145 Å². The van der Waals surface area contributed by atoms with E-state index in [0.29, 0.717) is 30.3 Å². The Bertz CT molecular complexity index is 802. The number of carboxylic acids is 1. The zero-order valence-electron chi connectivity index (χ0n) is 13.8. The molecular formula is C19H19NO5. The van der Waals surface area contributed by atoms with Gasteiger partial charge in [-0.15, -0.1) is 0 Å². The van der Waals surface area contributed by atoms with E-state index in [1.54, 1.807) is 18.2 Å². The van der Waals surface area contributed by atoms with Crippen molar-refractivity contribution in [3.05, 3.63) is 59.2 Å². The largest absolute Gasteiger partial charge is 0.486 e. The van der Waals surface area contributed by atoms with E-state index >= 15 is 0 Å². The van der Waals surface area contributed by atoms with Gasteiger partial charge in [-0.2, -0.15) is 0 Å². The molecule has 2 N–H and O–H groups in total. The standard InChI is InChI=1S/C19H19NO5/c1-12(13-6-7-16-17(10-13)25-9-8-24-16)20-18(21)11-14-4-2-3-5-15(14)19(22)23/h2-7,10,12H,8-9,11H2,1H3,(H,20,21)(H,22,23). The highest BCUT2D eigenvalue weighted by Crippen LogP contribution is 2.32. The van der Waals surface area contributed by atoms with Crippen LogP contribution in [-0.2, 0) is 11.2 Å². The van der Waals surface area contributed by atoms with Crippen molar-refractivity contribution in [1.29, 1.82) is 0 Å². The molecule has 1 heterocycles. The summed E-state index contributed by atoms with van der Waals surface area (Å²) in [5.74, 6) is 0.0874. The molecule has 0 spiro atoms. The maximum Gasteiger partial charge on any atom is 0.335 e. The molecule has 1 aliphatic rings. The van der Waals surface area contributed by atoms with Crippen LogP contribution in [-0.4, -0.2) is 30.2 Å². The van der Waals surface area contributed by atoms with Crippen LogP contribution in [0, 0.1) is 0 Å². The number of amides is 1. The first-order valence-corrected chi connectivity index (χ1v) is 8.04. The lowest BCUT2D eigenvalue weighted by Gasteiger charge is -2.21. The molecule has 6 nitrogen and oxygen atoms in total. The number of rotatable bonds is 5. The third-order valence-electron chi connectivity index (χ3n) is 4.04. The molecule has 2 aromatic rings. The Hall–Kier alpha value is -3.02. The highest BCUT2D eigenvalue weighted by molar-refractivity contribution is 5.91. The fourth-order valence-electron chi connectivity index (χ4n) is 2.76. The number of hydrogen-bond acceptors (Lipinski definition) is 4. The third kappa shape index (κ3) is 3.91. The van der Waals surface area contributed by atoms with Gasteiger partial charge in [0.1, 0.15) is 13.2 Å². The number of carboxylic acid groups (broad SMARTS) is 1. The number of carbonyl (C=O) groups excluding carboxylic acids is 1. The van der Waals surface area contributed by atoms with Crippen LogP contribution in [0.1, 0.15) is 34.5 Å². The molecule has 2 aromatic carbocycles. The van der Waals surface area contributed by atoms with Gasteiger partial charge in [-0.1, -0.05) is 24.3 Å². The molecular weight excluding hydrogens is 322 g/mol. The van der Waals surface area contributed by atoms with E-state index in [1.165, 1.54) is 6.07 Å². The highest BCUT2D eigenvalue weighted by Gasteiger charge is 2.17. The first-order valence-electron chi connectivity index (χ1n) is 8.04. The van der Waals surface area contributed by atoms with Crippen molar-refractivity contribution in [2.45, 2.75) is 19.4 Å². The lowest BCUT2D eigenvalue weighted by molar-refractivity contribution is -0.121. The molecule has 6 heteroatoms. The fourth-order valence-corrected chi connectivity index (χ4v) is 2.76. The maximum absolute atomic E-state index is 12.3. The molecule has 0 saturated heterocycles. The summed E-state index contributed by atoms with van der Waals surface area (Å²) in [5.41, 5.74) is 1.52. The summed E-state index contributed by atoms with van der Waals surface area (Å²) < 4.78 is 11.0. The van der Waals surface area contributed by atoms with Crippen LogP contribution in [0.4, 0.5) is 0 Å². The summed E-state index contributed by atoms with van der Waals surface area (Å²) in [6.07, 6.45) is 0.0113. The minimum absolute atomic E-state index is 0.0113. The summed E-state index contributed by atoms with van der Waals surface area (Å²) in [6, 6.07) is 11.8. The predicted octanol–water partition coefficient (Wildman–Crippen LogP) is 2.58. The van der Waals surface area contributed by atoms with Gasteiger partial charge in [0.05, 0.1) is 18.0 Å². The van der Waals surface area contributed by atoms with Crippen LogP contribution in [0.15, 0.2) is 42.5 Å². The molecule has 130 valence electrons. The third-order valence-corrected chi connectivity index (χ3v) is 4.04. The second kappa shape index (κ2) is 7.25. The van der Waals surface area contributed by atoms with Crippen molar-refractivity contribution in [2.24, 2.45) is 0 Å². The topological polar surface area (TPSA) is 84.9 Å². The Morgan fingerprint density at radius 3 is 2.60 bits per heavy atom. The van der Waals surface area contributed by atoms with Gasteiger partial charge in [-0.05, 0) is 36.2 Å². The molecule has 3 rings (SSSR count). The van der Waals surface area contributed by atoms with Gasteiger partial charge in [0.15, 0.2) is 11.5 Å². The second-order valence-electron chi connectivity index (χ2n) is 5.83. The van der Waals surface area contributed by atoms with Crippen molar-refractivity contribution in [3.8, 4) is 11.5 Å². The van der Waals surface area contributed by atoms with Crippen molar-refractivity contribution < 1.29 is 24.2 Å². The molecule has 0 bridgehead atoms. The minimum Gasteiger partial charge on any atom is -0.486 e. The Morgan fingerprint density at radius 2 is 1.84 bits per heavy atom. The highest BCUT2D eigenvalue weighted by atomic mass is 16.6. The first kappa shape index (κ1) is 16.8. The number of hydrogen-bond donors (Lipinski definition) is 2. The summed E-state index contributed by atoms with van der Waals surface area (Å²) in [7, 11) is 0. The quantitative estimate of drug-likeness (QED) is 0.873. The van der Waals surface area contributed by atoms with E-state index in [0.717, 1.165) is 5.56 Å². The zero-order valence-corrected chi connectivity index (χ0v) is 13.8. The van der Waals surface area contributed by atoms with Crippen LogP contribution in [0.3, 0.4) is 0 Å². The molecule has 1 amide bonds. The van der Waals surface area contributed by atoms with Crippen LogP contribution in [0.5, 0.6) is 11.5 Å². The number of benzene rings is 2. The number of ether oxygens (including phenoxy) is 2. The molecule has 0 radical (unpaired) electrons. The lowest BCUT2D eigenvalue weighted by atomic mass is 10.0. The Kier molecular flexibility index (Phi) is 4.88. The van der Waals surface area contributed by atoms with Gasteiger partial charge >= 0.3 is 5.97 Å². The van der Waals surface area contributed by atoms with Crippen LogP contribution >= 0.6 is 0 Å². The minimum atomic E-state index is -1.04. The van der Waals surface area contributed by atoms with Gasteiger partial charge in [0.25, 0.3) is 0 Å². The molecule has 0 fully saturated rings. The molecule has 1 aliphatic heterocycles. The number of carbonyl (C=O) groups is 2. The van der Waals surface area contributed by atoms with Gasteiger partial charge in [-0.25, -0.2) is 4.79 Å². The molecule has 0 aliphatic carbocycles. The summed E-state index contributed by atoms with van der Waals surface area (Å²) >= 11 is 0. The average molecular weight is 341 g/mol. The first-order chi connectivity index (χ1) is 12.0. The van der Waals surface area contributed by atoms with E-state index in [9.17, 15) is 14.7 Å². The summed E-state index contributed by atoms with van der Waals surface area (Å²) in [5, 5.41) is 12.1. The molecule has 1 unspecified atom stereocenters. The van der Waals surface area contributed by atoms with Gasteiger partial charge in [0, 0.05) is 0 Å². The van der Waals surface area contributed by atoms with Crippen LogP contribution in [0.25, 0.3) is 0 Å². The van der Waals surface area contributed by atoms with Crippen molar-refractivity contribution in [3.63, 3.8) is 0 Å².